The van der Waals surface area contributed by atoms with E-state index >= 15 is 0 Å². The van der Waals surface area contributed by atoms with Crippen LogP contribution in [0.2, 0.25) is 0 Å². The Morgan fingerprint density at radius 1 is 1.19 bits per heavy atom. The first kappa shape index (κ1) is 21.8. The number of hydrogen-bond donors (Lipinski definition) is 2. The Balaban J connectivity index is 1.55. The molecule has 6 nitrogen and oxygen atoms in total. The average Bonchev–Trinajstić information content (AvgIpc) is 3.34. The molecule has 2 N–H and O–H groups in total. The van der Waals surface area contributed by atoms with Gasteiger partial charge in [-0.2, -0.15) is 13.2 Å². The number of benzene rings is 1. The second-order valence-electron chi connectivity index (χ2n) is 8.86. The van der Waals surface area contributed by atoms with Crippen molar-refractivity contribution in [3.8, 4) is 0 Å². The van der Waals surface area contributed by atoms with Gasteiger partial charge in [0.25, 0.3) is 5.91 Å². The highest BCUT2D eigenvalue weighted by Gasteiger charge is 2.55. The molecule has 2 atom stereocenters. The Bertz CT molecular complexity index is 976. The quantitative estimate of drug-likeness (QED) is 0.769. The minimum atomic E-state index is -4.87. The summed E-state index contributed by atoms with van der Waals surface area (Å²) in [4.78, 5) is 18.4. The summed E-state index contributed by atoms with van der Waals surface area (Å²) in [6, 6.07) is 6.43. The number of alkyl halides is 3. The van der Waals surface area contributed by atoms with E-state index in [-0.39, 0.29) is 19.0 Å². The summed E-state index contributed by atoms with van der Waals surface area (Å²) >= 11 is 0. The molecule has 0 saturated heterocycles. The number of fused-ring (bicyclic) bond motifs is 1. The lowest BCUT2D eigenvalue weighted by atomic mass is 9.91. The van der Waals surface area contributed by atoms with Crippen molar-refractivity contribution >= 4 is 5.91 Å². The molecule has 1 fully saturated rings. The van der Waals surface area contributed by atoms with Gasteiger partial charge in [0.05, 0.1) is 30.1 Å². The third-order valence-corrected chi connectivity index (χ3v) is 6.53. The van der Waals surface area contributed by atoms with Crippen molar-refractivity contribution in [1.82, 2.24) is 14.5 Å². The molecule has 1 saturated carbocycles. The fourth-order valence-electron chi connectivity index (χ4n) is 4.66. The SMILES string of the molecule is C[C@H]1CN(C(=O)c2ccc(C3(O)CCCC3)cc2)Cc2cnc([C@@](C)(O)C(F)(F)F)n21. The summed E-state index contributed by atoms with van der Waals surface area (Å²) in [5.41, 5.74) is -2.23. The Kier molecular flexibility index (Phi) is 5.17. The molecule has 2 heterocycles. The maximum Gasteiger partial charge on any atom is 0.424 e. The van der Waals surface area contributed by atoms with E-state index in [1.807, 2.05) is 0 Å². The maximum atomic E-state index is 13.3. The zero-order valence-electron chi connectivity index (χ0n) is 17.5. The van der Waals surface area contributed by atoms with Gasteiger partial charge in [-0.25, -0.2) is 4.98 Å². The van der Waals surface area contributed by atoms with E-state index in [1.165, 1.54) is 10.8 Å². The Morgan fingerprint density at radius 3 is 2.39 bits per heavy atom. The Morgan fingerprint density at radius 2 is 1.81 bits per heavy atom. The van der Waals surface area contributed by atoms with Crippen molar-refractivity contribution in [3.63, 3.8) is 0 Å². The third kappa shape index (κ3) is 3.63. The molecule has 1 aromatic carbocycles. The summed E-state index contributed by atoms with van der Waals surface area (Å²) in [5.74, 6) is -0.711. The van der Waals surface area contributed by atoms with E-state index in [4.69, 9.17) is 0 Å². The molecule has 0 spiro atoms. The lowest BCUT2D eigenvalue weighted by molar-refractivity contribution is -0.263. The highest BCUT2D eigenvalue weighted by molar-refractivity contribution is 5.94. The van der Waals surface area contributed by atoms with Crippen LogP contribution in [0.25, 0.3) is 0 Å². The zero-order valence-corrected chi connectivity index (χ0v) is 17.5. The van der Waals surface area contributed by atoms with Gasteiger partial charge in [-0.15, -0.1) is 0 Å². The summed E-state index contributed by atoms with van der Waals surface area (Å²) in [5, 5.41) is 20.8. The standard InChI is InChI=1S/C22H26F3N3O3/c1-14-12-27(13-17-11-26-19(28(14)17)20(2,30)22(23,24)25)18(29)15-5-7-16(8-6-15)21(31)9-3-4-10-21/h5-8,11,14,30-31H,3-4,9-10,12-13H2,1-2H3/t14-,20+/m0/s1. The van der Waals surface area contributed by atoms with Gasteiger partial charge < -0.3 is 19.7 Å². The molecule has 0 bridgehead atoms. The number of halogens is 3. The molecule has 1 aliphatic carbocycles. The molecule has 1 aromatic heterocycles. The number of imidazole rings is 1. The van der Waals surface area contributed by atoms with Gasteiger partial charge in [0.1, 0.15) is 0 Å². The van der Waals surface area contributed by atoms with Crippen LogP contribution in [-0.2, 0) is 17.7 Å². The minimum absolute atomic E-state index is 0.0931. The molecular weight excluding hydrogens is 411 g/mol. The van der Waals surface area contributed by atoms with Crippen LogP contribution in [0, 0.1) is 0 Å². The van der Waals surface area contributed by atoms with Crippen LogP contribution < -0.4 is 0 Å². The average molecular weight is 437 g/mol. The van der Waals surface area contributed by atoms with E-state index in [0.29, 0.717) is 31.0 Å². The monoisotopic (exact) mass is 437 g/mol. The first-order valence-corrected chi connectivity index (χ1v) is 10.4. The van der Waals surface area contributed by atoms with Crippen molar-refractivity contribution in [2.24, 2.45) is 0 Å². The van der Waals surface area contributed by atoms with Crippen molar-refractivity contribution in [1.29, 1.82) is 0 Å². The molecule has 1 aliphatic heterocycles. The fraction of sp³-hybridized carbons (Fsp3) is 0.545. The molecule has 9 heteroatoms. The van der Waals surface area contributed by atoms with Gasteiger partial charge in [0.2, 0.25) is 5.60 Å². The number of amides is 1. The summed E-state index contributed by atoms with van der Waals surface area (Å²) in [6.07, 6.45) is -0.230. The lowest BCUT2D eigenvalue weighted by Gasteiger charge is -2.36. The van der Waals surface area contributed by atoms with Crippen LogP contribution in [0.1, 0.15) is 73.0 Å². The maximum absolute atomic E-state index is 13.3. The van der Waals surface area contributed by atoms with Crippen LogP contribution in [0.15, 0.2) is 30.5 Å². The first-order valence-electron chi connectivity index (χ1n) is 10.4. The molecule has 0 unspecified atom stereocenters. The van der Waals surface area contributed by atoms with Crippen LogP contribution >= 0.6 is 0 Å². The number of nitrogens with zero attached hydrogens (tertiary/aromatic N) is 3. The van der Waals surface area contributed by atoms with Crippen molar-refractivity contribution in [2.45, 2.75) is 69.5 Å². The van der Waals surface area contributed by atoms with E-state index in [0.717, 1.165) is 18.4 Å². The molecule has 2 aromatic rings. The van der Waals surface area contributed by atoms with Crippen LogP contribution in [0.3, 0.4) is 0 Å². The largest absolute Gasteiger partial charge is 0.424 e. The van der Waals surface area contributed by atoms with Gasteiger partial charge in [-0.05, 0) is 44.4 Å². The van der Waals surface area contributed by atoms with Crippen molar-refractivity contribution in [2.75, 3.05) is 6.54 Å². The van der Waals surface area contributed by atoms with Gasteiger partial charge in [0, 0.05) is 12.1 Å². The van der Waals surface area contributed by atoms with E-state index < -0.39 is 29.2 Å². The first-order chi connectivity index (χ1) is 14.4. The number of carbonyl (C=O) groups is 1. The summed E-state index contributed by atoms with van der Waals surface area (Å²) < 4.78 is 41.3. The zero-order chi connectivity index (χ0) is 22.6. The number of aliphatic hydroxyl groups is 2. The number of rotatable bonds is 3. The van der Waals surface area contributed by atoms with Gasteiger partial charge in [-0.3, -0.25) is 4.79 Å². The smallest absolute Gasteiger partial charge is 0.385 e. The number of hydrogen-bond acceptors (Lipinski definition) is 4. The summed E-state index contributed by atoms with van der Waals surface area (Å²) in [7, 11) is 0. The second-order valence-corrected chi connectivity index (χ2v) is 8.86. The Labute approximate surface area is 178 Å². The van der Waals surface area contributed by atoms with Crippen molar-refractivity contribution in [3.05, 3.63) is 53.1 Å². The number of aromatic nitrogens is 2. The molecule has 168 valence electrons. The van der Waals surface area contributed by atoms with Gasteiger partial charge in [0.15, 0.2) is 5.82 Å². The molecule has 31 heavy (non-hydrogen) atoms. The third-order valence-electron chi connectivity index (χ3n) is 6.53. The van der Waals surface area contributed by atoms with Gasteiger partial charge in [-0.1, -0.05) is 25.0 Å². The van der Waals surface area contributed by atoms with E-state index in [1.54, 1.807) is 36.1 Å². The summed E-state index contributed by atoms with van der Waals surface area (Å²) in [6.45, 7) is 2.66. The normalized spacial score (nSPS) is 22.8. The van der Waals surface area contributed by atoms with Crippen molar-refractivity contribution < 1.29 is 28.2 Å². The molecule has 4 rings (SSSR count). The highest BCUT2D eigenvalue weighted by atomic mass is 19.4. The topological polar surface area (TPSA) is 78.6 Å². The predicted molar refractivity (Wildman–Crippen MR) is 106 cm³/mol. The molecule has 1 amide bonds. The van der Waals surface area contributed by atoms with Crippen LogP contribution in [0.5, 0.6) is 0 Å². The fourth-order valence-corrected chi connectivity index (χ4v) is 4.66. The predicted octanol–water partition coefficient (Wildman–Crippen LogP) is 3.63. The van der Waals surface area contributed by atoms with E-state index in [2.05, 4.69) is 4.98 Å². The lowest BCUT2D eigenvalue weighted by Crippen LogP contribution is -2.45. The number of carbonyl (C=O) groups excluding carboxylic acids is 1. The highest BCUT2D eigenvalue weighted by Crippen LogP contribution is 2.41. The molecule has 2 aliphatic rings. The minimum Gasteiger partial charge on any atom is -0.385 e. The molecule has 0 radical (unpaired) electrons. The van der Waals surface area contributed by atoms with Crippen LogP contribution in [0.4, 0.5) is 13.2 Å². The Hall–Kier alpha value is -2.39. The molecular formula is C22H26F3N3O3. The van der Waals surface area contributed by atoms with Gasteiger partial charge >= 0.3 is 6.18 Å². The second kappa shape index (κ2) is 7.34. The van der Waals surface area contributed by atoms with E-state index in [9.17, 15) is 28.2 Å². The van der Waals surface area contributed by atoms with Crippen LogP contribution in [-0.4, -0.2) is 43.3 Å².